The quantitative estimate of drug-likeness (QED) is 0.368. The van der Waals surface area contributed by atoms with Crippen molar-refractivity contribution in [1.29, 1.82) is 0 Å². The van der Waals surface area contributed by atoms with Crippen LogP contribution in [-0.2, 0) is 4.79 Å². The van der Waals surface area contributed by atoms with Crippen molar-refractivity contribution in [3.63, 3.8) is 0 Å². The van der Waals surface area contributed by atoms with Crippen LogP contribution in [0.25, 0.3) is 0 Å². The zero-order chi connectivity index (χ0) is 7.82. The Bertz CT molecular complexity index is 145. The van der Waals surface area contributed by atoms with Crippen LogP contribution >= 0.6 is 0 Å². The molecule has 0 rings (SSSR count). The Labute approximate surface area is 60.9 Å². The van der Waals surface area contributed by atoms with E-state index in [9.17, 15) is 4.79 Å². The second-order valence-electron chi connectivity index (χ2n) is 1.89. The first-order chi connectivity index (χ1) is 4.77. The number of rotatable bonds is 4. The molecule has 0 bridgehead atoms. The van der Waals surface area contributed by atoms with Gasteiger partial charge in [-0.25, -0.2) is 4.79 Å². The van der Waals surface area contributed by atoms with Gasteiger partial charge >= 0.3 is 5.97 Å². The fourth-order valence-corrected chi connectivity index (χ4v) is 0.543. The summed E-state index contributed by atoms with van der Waals surface area (Å²) in [6.45, 7) is 1.95. The molecule has 0 aliphatic heterocycles. The molecule has 0 saturated heterocycles. The summed E-state index contributed by atoms with van der Waals surface area (Å²) in [5, 5.41) is 8.17. The van der Waals surface area contributed by atoms with E-state index in [2.05, 4.69) is 0 Å². The molecule has 0 fully saturated rings. The lowest BCUT2D eigenvalue weighted by Crippen LogP contribution is -1.84. The highest BCUT2D eigenvalue weighted by Crippen LogP contribution is 1.91. The first-order valence-electron chi connectivity index (χ1n) is 3.28. The Morgan fingerprint density at radius 3 is 2.50 bits per heavy atom. The summed E-state index contributed by atoms with van der Waals surface area (Å²) in [5.74, 6) is -0.875. The van der Waals surface area contributed by atoms with Crippen molar-refractivity contribution in [2.75, 3.05) is 0 Å². The van der Waals surface area contributed by atoms with Crippen molar-refractivity contribution in [3.05, 3.63) is 24.3 Å². The summed E-state index contributed by atoms with van der Waals surface area (Å²) in [6.07, 6.45) is 8.50. The first kappa shape index (κ1) is 8.95. The van der Waals surface area contributed by atoms with Crippen LogP contribution in [-0.4, -0.2) is 11.1 Å². The van der Waals surface area contributed by atoms with Crippen LogP contribution in [0.1, 0.15) is 19.8 Å². The fraction of sp³-hybridized carbons (Fsp3) is 0.375. The third kappa shape index (κ3) is 6.95. The Morgan fingerprint density at radius 1 is 1.40 bits per heavy atom. The van der Waals surface area contributed by atoms with Gasteiger partial charge in [-0.15, -0.1) is 0 Å². The van der Waals surface area contributed by atoms with E-state index in [1.165, 1.54) is 6.08 Å². The lowest BCUT2D eigenvalue weighted by Gasteiger charge is -1.82. The van der Waals surface area contributed by atoms with Gasteiger partial charge in [-0.2, -0.15) is 0 Å². The molecule has 0 spiro atoms. The third-order valence-corrected chi connectivity index (χ3v) is 0.996. The molecule has 0 heterocycles. The standard InChI is InChI=1S/C8H12O2/c1-2-3-4-5-6-7-8(9)10/h2-3,6-7H,4-5H2,1H3,(H,9,10)/b3-2-,7-6+. The molecule has 0 aromatic rings. The van der Waals surface area contributed by atoms with Gasteiger partial charge in [0.2, 0.25) is 0 Å². The monoisotopic (exact) mass is 140 g/mol. The molecule has 1 N–H and O–H groups in total. The van der Waals surface area contributed by atoms with Crippen molar-refractivity contribution in [1.82, 2.24) is 0 Å². The van der Waals surface area contributed by atoms with Gasteiger partial charge < -0.3 is 5.11 Å². The van der Waals surface area contributed by atoms with Crippen molar-refractivity contribution in [2.45, 2.75) is 19.8 Å². The summed E-state index contributed by atoms with van der Waals surface area (Å²) in [6, 6.07) is 0. The van der Waals surface area contributed by atoms with Crippen LogP contribution in [0.2, 0.25) is 0 Å². The summed E-state index contributed by atoms with van der Waals surface area (Å²) in [4.78, 5) is 9.93. The molecule has 10 heavy (non-hydrogen) atoms. The molecule has 0 aromatic carbocycles. The van der Waals surface area contributed by atoms with E-state index in [0.717, 1.165) is 12.8 Å². The lowest BCUT2D eigenvalue weighted by molar-refractivity contribution is -0.131. The second-order valence-corrected chi connectivity index (χ2v) is 1.89. The number of allylic oxidation sites excluding steroid dienone is 3. The molecule has 0 aliphatic rings. The van der Waals surface area contributed by atoms with Crippen LogP contribution in [0.3, 0.4) is 0 Å². The minimum Gasteiger partial charge on any atom is -0.478 e. The number of carboxylic acids is 1. The van der Waals surface area contributed by atoms with Crippen LogP contribution < -0.4 is 0 Å². The number of hydrogen-bond acceptors (Lipinski definition) is 1. The van der Waals surface area contributed by atoms with Gasteiger partial charge in [-0.1, -0.05) is 18.2 Å². The van der Waals surface area contributed by atoms with Crippen molar-refractivity contribution in [3.8, 4) is 0 Å². The minimum atomic E-state index is -0.875. The number of carboxylic acid groups (broad SMARTS) is 1. The molecule has 0 saturated carbocycles. The van der Waals surface area contributed by atoms with Gasteiger partial charge in [-0.3, -0.25) is 0 Å². The Balaban J connectivity index is 3.27. The van der Waals surface area contributed by atoms with E-state index in [4.69, 9.17) is 5.11 Å². The molecule has 0 unspecified atom stereocenters. The normalized spacial score (nSPS) is 11.3. The van der Waals surface area contributed by atoms with Crippen molar-refractivity contribution in [2.24, 2.45) is 0 Å². The second kappa shape index (κ2) is 6.08. The van der Waals surface area contributed by atoms with Crippen LogP contribution in [0.5, 0.6) is 0 Å². The molecule has 0 amide bonds. The van der Waals surface area contributed by atoms with Gasteiger partial charge in [0.05, 0.1) is 0 Å². The summed E-state index contributed by atoms with van der Waals surface area (Å²) in [5.41, 5.74) is 0. The molecule has 0 aromatic heterocycles. The van der Waals surface area contributed by atoms with Crippen molar-refractivity contribution < 1.29 is 9.90 Å². The molecule has 0 radical (unpaired) electrons. The average molecular weight is 140 g/mol. The summed E-state index contributed by atoms with van der Waals surface area (Å²) < 4.78 is 0. The Kier molecular flexibility index (Phi) is 5.44. The average Bonchev–Trinajstić information content (AvgIpc) is 1.87. The van der Waals surface area contributed by atoms with Crippen LogP contribution in [0.15, 0.2) is 24.3 Å². The van der Waals surface area contributed by atoms with Gasteiger partial charge in [0.1, 0.15) is 0 Å². The van der Waals surface area contributed by atoms with E-state index in [1.54, 1.807) is 6.08 Å². The maximum atomic E-state index is 9.93. The van der Waals surface area contributed by atoms with Crippen LogP contribution in [0, 0.1) is 0 Å². The highest BCUT2D eigenvalue weighted by molar-refractivity contribution is 5.79. The highest BCUT2D eigenvalue weighted by Gasteiger charge is 1.82. The summed E-state index contributed by atoms with van der Waals surface area (Å²) >= 11 is 0. The fourth-order valence-electron chi connectivity index (χ4n) is 0.543. The smallest absolute Gasteiger partial charge is 0.327 e. The molecule has 56 valence electrons. The Hall–Kier alpha value is -1.05. The summed E-state index contributed by atoms with van der Waals surface area (Å²) in [7, 11) is 0. The van der Waals surface area contributed by atoms with Gasteiger partial charge in [0.25, 0.3) is 0 Å². The zero-order valence-electron chi connectivity index (χ0n) is 6.08. The SMILES string of the molecule is C/C=C\CC/C=C/C(=O)O. The number of aliphatic carboxylic acids is 1. The highest BCUT2D eigenvalue weighted by atomic mass is 16.4. The first-order valence-corrected chi connectivity index (χ1v) is 3.28. The third-order valence-electron chi connectivity index (χ3n) is 0.996. The topological polar surface area (TPSA) is 37.3 Å². The Morgan fingerprint density at radius 2 is 2.00 bits per heavy atom. The number of hydrogen-bond donors (Lipinski definition) is 1. The van der Waals surface area contributed by atoms with Gasteiger partial charge in [0, 0.05) is 6.08 Å². The molecule has 2 nitrogen and oxygen atoms in total. The van der Waals surface area contributed by atoms with Gasteiger partial charge in [-0.05, 0) is 19.8 Å². The minimum absolute atomic E-state index is 0.802. The molecular formula is C8H12O2. The molecule has 0 atom stereocenters. The van der Waals surface area contributed by atoms with Gasteiger partial charge in [0.15, 0.2) is 0 Å². The number of carbonyl (C=O) groups is 1. The van der Waals surface area contributed by atoms with E-state index in [-0.39, 0.29) is 0 Å². The molecule has 0 aliphatic carbocycles. The maximum Gasteiger partial charge on any atom is 0.327 e. The molecule has 2 heteroatoms. The van der Waals surface area contributed by atoms with E-state index >= 15 is 0 Å². The zero-order valence-corrected chi connectivity index (χ0v) is 6.08. The predicted octanol–water partition coefficient (Wildman–Crippen LogP) is 1.98. The lowest BCUT2D eigenvalue weighted by atomic mass is 10.3. The maximum absolute atomic E-state index is 9.93. The predicted molar refractivity (Wildman–Crippen MR) is 40.8 cm³/mol. The van der Waals surface area contributed by atoms with E-state index in [0.29, 0.717) is 0 Å². The van der Waals surface area contributed by atoms with E-state index in [1.807, 2.05) is 19.1 Å². The van der Waals surface area contributed by atoms with Crippen molar-refractivity contribution >= 4 is 5.97 Å². The molecular weight excluding hydrogens is 128 g/mol. The van der Waals surface area contributed by atoms with E-state index < -0.39 is 5.97 Å². The number of unbranched alkanes of at least 4 members (excludes halogenated alkanes) is 1. The van der Waals surface area contributed by atoms with Crippen LogP contribution in [0.4, 0.5) is 0 Å². The largest absolute Gasteiger partial charge is 0.478 e.